The van der Waals surface area contributed by atoms with E-state index in [2.05, 4.69) is 15.9 Å². The molecule has 0 aliphatic carbocycles. The van der Waals surface area contributed by atoms with Crippen LogP contribution in [0.25, 0.3) is 0 Å². The summed E-state index contributed by atoms with van der Waals surface area (Å²) in [5, 5.41) is -9.85. The molecule has 0 aliphatic heterocycles. The van der Waals surface area contributed by atoms with Crippen molar-refractivity contribution in [2.24, 2.45) is 0 Å². The molecule has 1 atom stereocenters. The van der Waals surface area contributed by atoms with Gasteiger partial charge in [-0.25, -0.2) is 0 Å². The Morgan fingerprint density at radius 1 is 1.18 bits per heavy atom. The van der Waals surface area contributed by atoms with E-state index >= 15 is 0 Å². The molecule has 17 heavy (non-hydrogen) atoms. The summed E-state index contributed by atoms with van der Waals surface area (Å²) in [6.07, 6.45) is 0. The Labute approximate surface area is 109 Å². The van der Waals surface area contributed by atoms with Crippen LogP contribution in [0.5, 0.6) is 0 Å². The van der Waals surface area contributed by atoms with E-state index in [9.17, 15) is 26.3 Å². The molecule has 0 heterocycles. The topological polar surface area (TPSA) is 40.1 Å². The van der Waals surface area contributed by atoms with E-state index in [0.29, 0.717) is 4.47 Å². The van der Waals surface area contributed by atoms with Gasteiger partial charge in [0.15, 0.2) is 0 Å². The molecule has 0 N–H and O–H groups in total. The Morgan fingerprint density at radius 3 is 2.06 bits per heavy atom. The van der Waals surface area contributed by atoms with E-state index in [1.54, 1.807) is 0 Å². The van der Waals surface area contributed by atoms with Crippen molar-refractivity contribution in [2.75, 3.05) is 0 Å². The zero-order chi connectivity index (χ0) is 13.3. The smallest absolute Gasteiger partial charge is 0.381 e. The molecule has 0 amide bonds. The van der Waals surface area contributed by atoms with Crippen LogP contribution >= 0.6 is 27.7 Å². The molecule has 0 aliphatic rings. The number of thioether (sulfide) groups is 1. The van der Waals surface area contributed by atoms with Crippen LogP contribution in [-0.2, 0) is 11.1 Å². The Bertz CT molecular complexity index is 424. The van der Waals surface area contributed by atoms with Crippen LogP contribution in [0.2, 0.25) is 0 Å². The first-order valence-corrected chi connectivity index (χ1v) is 6.65. The van der Waals surface area contributed by atoms with Gasteiger partial charge in [0, 0.05) is 20.4 Å². The Balaban J connectivity index is 2.93. The van der Waals surface area contributed by atoms with Crippen LogP contribution in [0.4, 0.5) is 17.6 Å². The summed E-state index contributed by atoms with van der Waals surface area (Å²) in [5.41, 5.74) is 0. The minimum atomic E-state index is -5.12. The summed E-state index contributed by atoms with van der Waals surface area (Å²) in [6.45, 7) is 0. The highest BCUT2D eigenvalue weighted by atomic mass is 79.9. The van der Waals surface area contributed by atoms with Crippen molar-refractivity contribution < 1.29 is 26.3 Å². The SMILES string of the molecule is O=S([O-])C(F)(F)C(F)(F)Sc1ccc(Br)cc1. The van der Waals surface area contributed by atoms with Crippen molar-refractivity contribution in [3.63, 3.8) is 0 Å². The predicted octanol–water partition coefficient (Wildman–Crippen LogP) is 3.61. The van der Waals surface area contributed by atoms with Gasteiger partial charge in [-0.15, -0.1) is 0 Å². The van der Waals surface area contributed by atoms with Crippen molar-refractivity contribution in [3.8, 4) is 0 Å². The van der Waals surface area contributed by atoms with Gasteiger partial charge in [0.05, 0.1) is 0 Å². The van der Waals surface area contributed by atoms with Gasteiger partial charge in [-0.3, -0.25) is 4.21 Å². The van der Waals surface area contributed by atoms with Crippen LogP contribution in [-0.4, -0.2) is 19.3 Å². The number of hydrogen-bond acceptors (Lipinski definition) is 3. The molecule has 96 valence electrons. The average molecular weight is 352 g/mol. The van der Waals surface area contributed by atoms with Crippen LogP contribution in [0.1, 0.15) is 0 Å². The van der Waals surface area contributed by atoms with E-state index in [1.807, 2.05) is 0 Å². The molecule has 0 spiro atoms. The first kappa shape index (κ1) is 14.9. The number of alkyl halides is 4. The largest absolute Gasteiger partial charge is 0.768 e. The third kappa shape index (κ3) is 3.43. The highest BCUT2D eigenvalue weighted by Crippen LogP contribution is 2.48. The molecule has 1 rings (SSSR count). The number of halogens is 5. The summed E-state index contributed by atoms with van der Waals surface area (Å²) in [7, 11) is 0. The van der Waals surface area contributed by atoms with Gasteiger partial charge in [0.2, 0.25) is 0 Å². The minimum Gasteiger partial charge on any atom is -0.768 e. The van der Waals surface area contributed by atoms with E-state index in [-0.39, 0.29) is 4.90 Å². The lowest BCUT2D eigenvalue weighted by atomic mass is 10.4. The average Bonchev–Trinajstić information content (AvgIpc) is 2.20. The molecule has 0 aromatic heterocycles. The van der Waals surface area contributed by atoms with Crippen molar-refractivity contribution in [1.29, 1.82) is 0 Å². The third-order valence-electron chi connectivity index (χ3n) is 1.61. The second-order valence-corrected chi connectivity index (χ2v) is 5.91. The highest BCUT2D eigenvalue weighted by molar-refractivity contribution is 9.10. The molecule has 0 saturated heterocycles. The monoisotopic (exact) mass is 351 g/mol. The fourth-order valence-corrected chi connectivity index (χ4v) is 2.28. The van der Waals surface area contributed by atoms with E-state index in [0.717, 1.165) is 0 Å². The fourth-order valence-electron chi connectivity index (χ4n) is 0.807. The standard InChI is InChI=1S/C8H5BrF4O2S2/c9-5-1-3-6(4-2-5)16-7(10,11)8(12,13)17(14)15/h1-4H,(H,14,15)/p-1. The molecule has 9 heteroatoms. The van der Waals surface area contributed by atoms with Crippen LogP contribution in [0.3, 0.4) is 0 Å². The van der Waals surface area contributed by atoms with Crippen molar-refractivity contribution in [2.45, 2.75) is 15.4 Å². The third-order valence-corrected chi connectivity index (χ3v) is 3.96. The minimum absolute atomic E-state index is 0.164. The summed E-state index contributed by atoms with van der Waals surface area (Å²) < 4.78 is 72.2. The summed E-state index contributed by atoms with van der Waals surface area (Å²) in [4.78, 5) is -0.164. The van der Waals surface area contributed by atoms with Gasteiger partial charge >= 0.3 is 10.5 Å². The van der Waals surface area contributed by atoms with E-state index in [1.165, 1.54) is 24.3 Å². The van der Waals surface area contributed by atoms with Gasteiger partial charge in [0.25, 0.3) is 0 Å². The molecular weight excluding hydrogens is 348 g/mol. The molecule has 0 radical (unpaired) electrons. The van der Waals surface area contributed by atoms with Crippen molar-refractivity contribution >= 4 is 38.8 Å². The van der Waals surface area contributed by atoms with Gasteiger partial charge < -0.3 is 4.55 Å². The molecule has 0 fully saturated rings. The van der Waals surface area contributed by atoms with Crippen LogP contribution in [0.15, 0.2) is 33.6 Å². The van der Waals surface area contributed by atoms with Crippen LogP contribution < -0.4 is 0 Å². The van der Waals surface area contributed by atoms with Crippen molar-refractivity contribution in [3.05, 3.63) is 28.7 Å². The van der Waals surface area contributed by atoms with E-state index < -0.39 is 33.4 Å². The van der Waals surface area contributed by atoms with E-state index in [4.69, 9.17) is 0 Å². The second kappa shape index (κ2) is 5.25. The first-order chi connectivity index (χ1) is 7.67. The lowest BCUT2D eigenvalue weighted by Crippen LogP contribution is -2.41. The fraction of sp³-hybridized carbons (Fsp3) is 0.250. The summed E-state index contributed by atoms with van der Waals surface area (Å²) >= 11 is -1.65. The lowest BCUT2D eigenvalue weighted by molar-refractivity contribution is -0.0910. The number of hydrogen-bond donors (Lipinski definition) is 0. The van der Waals surface area contributed by atoms with Gasteiger partial charge in [0.1, 0.15) is 0 Å². The second-order valence-electron chi connectivity index (χ2n) is 2.82. The first-order valence-electron chi connectivity index (χ1n) is 3.96. The number of benzene rings is 1. The Hall–Kier alpha value is -0.120. The maximum atomic E-state index is 13.0. The molecule has 1 unspecified atom stereocenters. The number of rotatable bonds is 4. The molecule has 0 bridgehead atoms. The summed E-state index contributed by atoms with van der Waals surface area (Å²) in [5.74, 6) is 0. The maximum Gasteiger partial charge on any atom is 0.381 e. The molecular formula is C8H4BrF4O2S2-. The molecule has 1 aromatic carbocycles. The predicted molar refractivity (Wildman–Crippen MR) is 58.8 cm³/mol. The Morgan fingerprint density at radius 2 is 1.65 bits per heavy atom. The van der Waals surface area contributed by atoms with Crippen LogP contribution in [0, 0.1) is 0 Å². The lowest BCUT2D eigenvalue weighted by Gasteiger charge is -2.27. The van der Waals surface area contributed by atoms with Gasteiger partial charge in [-0.1, -0.05) is 15.9 Å². The normalized spacial score (nSPS) is 14.7. The molecule has 2 nitrogen and oxygen atoms in total. The quantitative estimate of drug-likeness (QED) is 0.472. The zero-order valence-corrected chi connectivity index (χ0v) is 11.1. The highest BCUT2D eigenvalue weighted by Gasteiger charge is 2.58. The molecule has 0 saturated carbocycles. The Kier molecular flexibility index (Phi) is 4.61. The summed E-state index contributed by atoms with van der Waals surface area (Å²) in [6, 6.07) is 5.11. The maximum absolute atomic E-state index is 13.0. The molecule has 1 aromatic rings. The van der Waals surface area contributed by atoms with Gasteiger partial charge in [-0.05, 0) is 36.0 Å². The van der Waals surface area contributed by atoms with Crippen molar-refractivity contribution in [1.82, 2.24) is 0 Å². The zero-order valence-electron chi connectivity index (χ0n) is 7.83. The van der Waals surface area contributed by atoms with Gasteiger partial charge in [-0.2, -0.15) is 17.6 Å².